The van der Waals surface area contributed by atoms with Crippen molar-refractivity contribution < 1.29 is 14.7 Å². The lowest BCUT2D eigenvalue weighted by Crippen LogP contribution is -2.49. The molecule has 0 bridgehead atoms. The molecule has 1 N–H and O–H groups in total. The third-order valence-electron chi connectivity index (χ3n) is 4.30. The fourth-order valence-corrected chi connectivity index (χ4v) is 2.82. The van der Waals surface area contributed by atoms with Crippen molar-refractivity contribution in [2.24, 2.45) is 5.41 Å². The lowest BCUT2D eigenvalue weighted by atomic mass is 9.77. The lowest BCUT2D eigenvalue weighted by Gasteiger charge is -2.39. The van der Waals surface area contributed by atoms with E-state index in [2.05, 4.69) is 6.92 Å². The Kier molecular flexibility index (Phi) is 6.32. The van der Waals surface area contributed by atoms with Gasteiger partial charge in [0.1, 0.15) is 0 Å². The van der Waals surface area contributed by atoms with E-state index in [1.54, 1.807) is 4.90 Å². The highest BCUT2D eigenvalue weighted by Crippen LogP contribution is 2.34. The summed E-state index contributed by atoms with van der Waals surface area (Å²) >= 11 is 0. The number of aliphatic carboxylic acids is 1. The number of rotatable bonds is 7. The smallest absolute Gasteiger partial charge is 0.311 e. The standard InChI is InChI=1S/C15H27NO3/c1-3-5-6-7-9-13(17)16-11-8-10-15(4-2,12-16)14(18)19/h3-12H2,1-2H3,(H,18,19). The van der Waals surface area contributed by atoms with Crippen LogP contribution in [0.5, 0.6) is 0 Å². The predicted octanol–water partition coefficient (Wildman–Crippen LogP) is 3.06. The third-order valence-corrected chi connectivity index (χ3v) is 4.30. The summed E-state index contributed by atoms with van der Waals surface area (Å²) in [5.41, 5.74) is -0.711. The molecule has 1 atom stereocenters. The van der Waals surface area contributed by atoms with Crippen LogP contribution in [0.25, 0.3) is 0 Å². The molecule has 1 aliphatic heterocycles. The van der Waals surface area contributed by atoms with E-state index in [1.165, 1.54) is 6.42 Å². The summed E-state index contributed by atoms with van der Waals surface area (Å²) in [5, 5.41) is 9.40. The number of unbranched alkanes of at least 4 members (excludes halogenated alkanes) is 3. The highest BCUT2D eigenvalue weighted by Gasteiger charge is 2.41. The van der Waals surface area contributed by atoms with Crippen LogP contribution < -0.4 is 0 Å². The molecule has 1 amide bonds. The van der Waals surface area contributed by atoms with E-state index in [0.29, 0.717) is 25.8 Å². The molecule has 19 heavy (non-hydrogen) atoms. The van der Waals surface area contributed by atoms with Gasteiger partial charge in [0.2, 0.25) is 5.91 Å². The minimum Gasteiger partial charge on any atom is -0.481 e. The topological polar surface area (TPSA) is 57.6 Å². The quantitative estimate of drug-likeness (QED) is 0.723. The second-order valence-corrected chi connectivity index (χ2v) is 5.67. The molecule has 1 unspecified atom stereocenters. The molecule has 1 rings (SSSR count). The van der Waals surface area contributed by atoms with Crippen molar-refractivity contribution in [3.05, 3.63) is 0 Å². The molecule has 0 aliphatic carbocycles. The van der Waals surface area contributed by atoms with Crippen LogP contribution in [0.2, 0.25) is 0 Å². The second kappa shape index (κ2) is 7.51. The molecule has 0 aromatic heterocycles. The molecule has 0 radical (unpaired) electrons. The number of hydrogen-bond acceptors (Lipinski definition) is 2. The average Bonchev–Trinajstić information content (AvgIpc) is 2.43. The first kappa shape index (κ1) is 16.0. The van der Waals surface area contributed by atoms with Gasteiger partial charge in [-0.2, -0.15) is 0 Å². The molecule has 1 fully saturated rings. The monoisotopic (exact) mass is 269 g/mol. The fourth-order valence-electron chi connectivity index (χ4n) is 2.82. The summed E-state index contributed by atoms with van der Waals surface area (Å²) in [7, 11) is 0. The van der Waals surface area contributed by atoms with Gasteiger partial charge in [0.05, 0.1) is 5.41 Å². The Labute approximate surface area is 116 Å². The number of carboxylic acids is 1. The van der Waals surface area contributed by atoms with E-state index in [9.17, 15) is 14.7 Å². The summed E-state index contributed by atoms with van der Waals surface area (Å²) in [5.74, 6) is -0.617. The van der Waals surface area contributed by atoms with Crippen LogP contribution in [-0.2, 0) is 9.59 Å². The minimum atomic E-state index is -0.751. The van der Waals surface area contributed by atoms with Gasteiger partial charge in [-0.05, 0) is 25.7 Å². The van der Waals surface area contributed by atoms with E-state index < -0.39 is 11.4 Å². The zero-order chi connectivity index (χ0) is 14.3. The molecule has 1 aliphatic rings. The molecule has 1 heterocycles. The van der Waals surface area contributed by atoms with Crippen molar-refractivity contribution in [2.75, 3.05) is 13.1 Å². The largest absolute Gasteiger partial charge is 0.481 e. The summed E-state index contributed by atoms with van der Waals surface area (Å²) in [6.45, 7) is 5.17. The fraction of sp³-hybridized carbons (Fsp3) is 0.867. The first-order valence-electron chi connectivity index (χ1n) is 7.57. The van der Waals surface area contributed by atoms with Gasteiger partial charge < -0.3 is 10.0 Å². The molecule has 1 saturated heterocycles. The lowest BCUT2D eigenvalue weighted by molar-refractivity contribution is -0.155. The molecular formula is C15H27NO3. The molecule has 4 heteroatoms. The van der Waals surface area contributed by atoms with E-state index >= 15 is 0 Å². The van der Waals surface area contributed by atoms with Crippen molar-refractivity contribution in [3.8, 4) is 0 Å². The number of hydrogen-bond donors (Lipinski definition) is 1. The Morgan fingerprint density at radius 2 is 1.95 bits per heavy atom. The Hall–Kier alpha value is -1.06. The first-order chi connectivity index (χ1) is 9.05. The number of likely N-dealkylation sites (tertiary alicyclic amines) is 1. The summed E-state index contributed by atoms with van der Waals surface area (Å²) in [6, 6.07) is 0. The maximum absolute atomic E-state index is 12.1. The van der Waals surface area contributed by atoms with Crippen molar-refractivity contribution in [2.45, 2.75) is 65.2 Å². The molecule has 0 saturated carbocycles. The van der Waals surface area contributed by atoms with Gasteiger partial charge in [0, 0.05) is 19.5 Å². The Bertz CT molecular complexity index is 317. The van der Waals surface area contributed by atoms with Gasteiger partial charge in [-0.3, -0.25) is 9.59 Å². The number of amides is 1. The van der Waals surface area contributed by atoms with Gasteiger partial charge in [-0.15, -0.1) is 0 Å². The molecular weight excluding hydrogens is 242 g/mol. The SMILES string of the molecule is CCCCCCC(=O)N1CCCC(CC)(C(=O)O)C1. The van der Waals surface area contributed by atoms with Crippen molar-refractivity contribution in [1.82, 2.24) is 4.90 Å². The molecule has 110 valence electrons. The zero-order valence-electron chi connectivity index (χ0n) is 12.3. The van der Waals surface area contributed by atoms with Crippen LogP contribution in [0.15, 0.2) is 0 Å². The van der Waals surface area contributed by atoms with E-state index in [4.69, 9.17) is 0 Å². The average molecular weight is 269 g/mol. The Morgan fingerprint density at radius 3 is 2.53 bits per heavy atom. The number of carbonyl (C=O) groups is 2. The predicted molar refractivity (Wildman–Crippen MR) is 74.9 cm³/mol. The summed E-state index contributed by atoms with van der Waals surface area (Å²) in [4.78, 5) is 25.3. The number of carbonyl (C=O) groups excluding carboxylic acids is 1. The minimum absolute atomic E-state index is 0.134. The molecule has 0 aromatic carbocycles. The number of piperidine rings is 1. The normalized spacial score (nSPS) is 23.4. The van der Waals surface area contributed by atoms with Gasteiger partial charge in [0.25, 0.3) is 0 Å². The van der Waals surface area contributed by atoms with E-state index in [1.807, 2.05) is 6.92 Å². The summed E-state index contributed by atoms with van der Waals surface area (Å²) < 4.78 is 0. The van der Waals surface area contributed by atoms with Crippen LogP contribution in [0.1, 0.15) is 65.2 Å². The van der Waals surface area contributed by atoms with Crippen LogP contribution >= 0.6 is 0 Å². The molecule has 0 spiro atoms. The maximum Gasteiger partial charge on any atom is 0.311 e. The van der Waals surface area contributed by atoms with E-state index in [0.717, 1.165) is 32.2 Å². The van der Waals surface area contributed by atoms with Gasteiger partial charge >= 0.3 is 5.97 Å². The maximum atomic E-state index is 12.1. The highest BCUT2D eigenvalue weighted by atomic mass is 16.4. The first-order valence-corrected chi connectivity index (χ1v) is 7.57. The highest BCUT2D eigenvalue weighted by molar-refractivity contribution is 5.79. The molecule has 0 aromatic rings. The van der Waals surface area contributed by atoms with Gasteiger partial charge in [-0.25, -0.2) is 0 Å². The van der Waals surface area contributed by atoms with Crippen molar-refractivity contribution >= 4 is 11.9 Å². The Morgan fingerprint density at radius 1 is 1.21 bits per heavy atom. The van der Waals surface area contributed by atoms with E-state index in [-0.39, 0.29) is 5.91 Å². The number of carboxylic acid groups (broad SMARTS) is 1. The third kappa shape index (κ3) is 4.22. The Balaban J connectivity index is 2.49. The number of nitrogens with zero attached hydrogens (tertiary/aromatic N) is 1. The summed E-state index contributed by atoms with van der Waals surface area (Å²) in [6.07, 6.45) is 7.01. The van der Waals surface area contributed by atoms with Crippen LogP contribution in [0.4, 0.5) is 0 Å². The molecule has 4 nitrogen and oxygen atoms in total. The van der Waals surface area contributed by atoms with Gasteiger partial charge in [-0.1, -0.05) is 33.1 Å². The van der Waals surface area contributed by atoms with Crippen LogP contribution in [0, 0.1) is 5.41 Å². The van der Waals surface area contributed by atoms with Crippen LogP contribution in [0.3, 0.4) is 0 Å². The second-order valence-electron chi connectivity index (χ2n) is 5.67. The van der Waals surface area contributed by atoms with Gasteiger partial charge in [0.15, 0.2) is 0 Å². The zero-order valence-corrected chi connectivity index (χ0v) is 12.3. The van der Waals surface area contributed by atoms with Crippen molar-refractivity contribution in [3.63, 3.8) is 0 Å². The van der Waals surface area contributed by atoms with Crippen molar-refractivity contribution in [1.29, 1.82) is 0 Å². The van der Waals surface area contributed by atoms with Crippen LogP contribution in [-0.4, -0.2) is 35.0 Å².